The summed E-state index contributed by atoms with van der Waals surface area (Å²) in [5, 5.41) is 3.09. The molecular weight excluding hydrogens is 286 g/mol. The zero-order valence-corrected chi connectivity index (χ0v) is 15.0. The highest BCUT2D eigenvalue weighted by atomic mass is 16.2. The van der Waals surface area contributed by atoms with Crippen molar-refractivity contribution in [2.75, 3.05) is 32.7 Å². The molecule has 23 heavy (non-hydrogen) atoms. The molecule has 1 atom stereocenters. The third-order valence-electron chi connectivity index (χ3n) is 4.88. The highest BCUT2D eigenvalue weighted by molar-refractivity contribution is 5.78. The second-order valence-corrected chi connectivity index (χ2v) is 7.08. The molecule has 1 aliphatic heterocycles. The fourth-order valence-corrected chi connectivity index (χ4v) is 2.80. The standard InChI is InChI=1S/C19H31N3O/c1-15(2)17(4)20-19(23)14-22-11-9-21(10-12-22)13-18-8-6-5-7-16(18)3/h5-8,15,17H,9-14H2,1-4H3,(H,20,23). The molecule has 2 rings (SSSR count). The Balaban J connectivity index is 1.74. The molecule has 1 aromatic rings. The molecule has 1 unspecified atom stereocenters. The van der Waals surface area contributed by atoms with Crippen LogP contribution in [-0.4, -0.2) is 54.5 Å². The maximum Gasteiger partial charge on any atom is 0.234 e. The number of benzene rings is 1. The molecule has 1 N–H and O–H groups in total. The molecular formula is C19H31N3O. The Kier molecular flexibility index (Phi) is 6.60. The fraction of sp³-hybridized carbons (Fsp3) is 0.632. The van der Waals surface area contributed by atoms with Crippen molar-refractivity contribution in [1.82, 2.24) is 15.1 Å². The summed E-state index contributed by atoms with van der Waals surface area (Å²) in [5.41, 5.74) is 2.77. The normalized spacial score (nSPS) is 18.1. The number of hydrogen-bond donors (Lipinski definition) is 1. The summed E-state index contributed by atoms with van der Waals surface area (Å²) in [6, 6.07) is 8.82. The van der Waals surface area contributed by atoms with Gasteiger partial charge in [-0.25, -0.2) is 0 Å². The number of nitrogens with one attached hydrogen (secondary N) is 1. The van der Waals surface area contributed by atoms with Gasteiger partial charge in [-0.3, -0.25) is 14.6 Å². The van der Waals surface area contributed by atoms with Crippen LogP contribution in [-0.2, 0) is 11.3 Å². The molecule has 4 nitrogen and oxygen atoms in total. The van der Waals surface area contributed by atoms with Gasteiger partial charge in [0.1, 0.15) is 0 Å². The van der Waals surface area contributed by atoms with E-state index in [0.717, 1.165) is 32.7 Å². The summed E-state index contributed by atoms with van der Waals surface area (Å²) in [5.74, 6) is 0.628. The van der Waals surface area contributed by atoms with Gasteiger partial charge in [-0.2, -0.15) is 0 Å². The summed E-state index contributed by atoms with van der Waals surface area (Å²) < 4.78 is 0. The number of carbonyl (C=O) groups is 1. The van der Waals surface area contributed by atoms with E-state index in [0.29, 0.717) is 12.5 Å². The van der Waals surface area contributed by atoms with Crippen molar-refractivity contribution in [2.24, 2.45) is 5.92 Å². The number of rotatable bonds is 6. The Bertz CT molecular complexity index is 507. The lowest BCUT2D eigenvalue weighted by Crippen LogP contribution is -2.50. The van der Waals surface area contributed by atoms with Crippen molar-refractivity contribution in [3.8, 4) is 0 Å². The lowest BCUT2D eigenvalue weighted by Gasteiger charge is -2.34. The first-order valence-electron chi connectivity index (χ1n) is 8.74. The van der Waals surface area contributed by atoms with E-state index in [1.807, 2.05) is 0 Å². The van der Waals surface area contributed by atoms with Gasteiger partial charge in [0.2, 0.25) is 5.91 Å². The summed E-state index contributed by atoms with van der Waals surface area (Å²) in [7, 11) is 0. The van der Waals surface area contributed by atoms with Crippen LogP contribution in [0.3, 0.4) is 0 Å². The van der Waals surface area contributed by atoms with Crippen LogP contribution in [0.15, 0.2) is 24.3 Å². The maximum atomic E-state index is 12.1. The number of nitrogens with zero attached hydrogens (tertiary/aromatic N) is 2. The van der Waals surface area contributed by atoms with Gasteiger partial charge in [0.15, 0.2) is 0 Å². The summed E-state index contributed by atoms with van der Waals surface area (Å²) in [6.07, 6.45) is 0. The molecule has 1 aliphatic rings. The van der Waals surface area contributed by atoms with E-state index < -0.39 is 0 Å². The minimum absolute atomic E-state index is 0.151. The first-order chi connectivity index (χ1) is 11.0. The maximum absolute atomic E-state index is 12.1. The van der Waals surface area contributed by atoms with Gasteiger partial charge in [0.25, 0.3) is 0 Å². The topological polar surface area (TPSA) is 35.6 Å². The highest BCUT2D eigenvalue weighted by Crippen LogP contribution is 2.12. The van der Waals surface area contributed by atoms with Gasteiger partial charge in [0, 0.05) is 38.8 Å². The first-order valence-corrected chi connectivity index (χ1v) is 8.74. The zero-order chi connectivity index (χ0) is 16.8. The Morgan fingerprint density at radius 1 is 1.09 bits per heavy atom. The molecule has 1 heterocycles. The minimum Gasteiger partial charge on any atom is -0.352 e. The van der Waals surface area contributed by atoms with E-state index in [4.69, 9.17) is 0 Å². The molecule has 0 saturated carbocycles. The van der Waals surface area contributed by atoms with Crippen LogP contribution in [0.2, 0.25) is 0 Å². The molecule has 1 amide bonds. The van der Waals surface area contributed by atoms with Gasteiger partial charge in [-0.1, -0.05) is 38.1 Å². The number of amides is 1. The van der Waals surface area contributed by atoms with E-state index >= 15 is 0 Å². The van der Waals surface area contributed by atoms with Crippen molar-refractivity contribution >= 4 is 5.91 Å². The van der Waals surface area contributed by atoms with Crippen LogP contribution in [0.25, 0.3) is 0 Å². The zero-order valence-electron chi connectivity index (χ0n) is 15.0. The average molecular weight is 317 g/mol. The molecule has 0 bridgehead atoms. The monoisotopic (exact) mass is 317 g/mol. The van der Waals surface area contributed by atoms with Gasteiger partial charge in [0.05, 0.1) is 6.54 Å². The molecule has 0 spiro atoms. The van der Waals surface area contributed by atoms with E-state index in [1.54, 1.807) is 0 Å². The van der Waals surface area contributed by atoms with Crippen LogP contribution >= 0.6 is 0 Å². The van der Waals surface area contributed by atoms with Crippen molar-refractivity contribution in [3.63, 3.8) is 0 Å². The Morgan fingerprint density at radius 3 is 2.30 bits per heavy atom. The molecule has 1 saturated heterocycles. The van der Waals surface area contributed by atoms with E-state index in [2.05, 4.69) is 67.1 Å². The Labute approximate surface area is 140 Å². The fourth-order valence-electron chi connectivity index (χ4n) is 2.80. The minimum atomic E-state index is 0.151. The van der Waals surface area contributed by atoms with E-state index in [-0.39, 0.29) is 11.9 Å². The second-order valence-electron chi connectivity index (χ2n) is 7.08. The van der Waals surface area contributed by atoms with Crippen molar-refractivity contribution in [3.05, 3.63) is 35.4 Å². The van der Waals surface area contributed by atoms with Gasteiger partial charge >= 0.3 is 0 Å². The number of hydrogen-bond acceptors (Lipinski definition) is 3. The van der Waals surface area contributed by atoms with Crippen LogP contribution in [0, 0.1) is 12.8 Å². The quantitative estimate of drug-likeness (QED) is 0.874. The summed E-state index contributed by atoms with van der Waals surface area (Å²) in [4.78, 5) is 16.8. The number of piperazine rings is 1. The average Bonchev–Trinajstić information content (AvgIpc) is 2.51. The molecule has 4 heteroatoms. The lowest BCUT2D eigenvalue weighted by atomic mass is 10.1. The second kappa shape index (κ2) is 8.46. The number of carbonyl (C=O) groups excluding carboxylic acids is 1. The predicted molar refractivity (Wildman–Crippen MR) is 95.3 cm³/mol. The van der Waals surface area contributed by atoms with Crippen LogP contribution in [0.4, 0.5) is 0 Å². The smallest absolute Gasteiger partial charge is 0.234 e. The van der Waals surface area contributed by atoms with E-state index in [9.17, 15) is 4.79 Å². The third kappa shape index (κ3) is 5.63. The summed E-state index contributed by atoms with van der Waals surface area (Å²) >= 11 is 0. The van der Waals surface area contributed by atoms with E-state index in [1.165, 1.54) is 11.1 Å². The molecule has 1 fully saturated rings. The molecule has 128 valence electrons. The predicted octanol–water partition coefficient (Wildman–Crippen LogP) is 2.27. The van der Waals surface area contributed by atoms with Crippen molar-refractivity contribution < 1.29 is 4.79 Å². The SMILES string of the molecule is Cc1ccccc1CN1CCN(CC(=O)NC(C)C(C)C)CC1. The van der Waals surface area contributed by atoms with Crippen LogP contribution in [0.1, 0.15) is 31.9 Å². The Hall–Kier alpha value is -1.39. The van der Waals surface area contributed by atoms with Crippen molar-refractivity contribution in [2.45, 2.75) is 40.3 Å². The molecule has 0 aromatic heterocycles. The molecule has 0 aliphatic carbocycles. The lowest BCUT2D eigenvalue weighted by molar-refractivity contribution is -0.123. The van der Waals surface area contributed by atoms with Gasteiger partial charge in [-0.05, 0) is 30.9 Å². The first kappa shape index (κ1) is 18.0. The molecule has 1 aromatic carbocycles. The largest absolute Gasteiger partial charge is 0.352 e. The van der Waals surface area contributed by atoms with Crippen molar-refractivity contribution in [1.29, 1.82) is 0 Å². The van der Waals surface area contributed by atoms with Crippen LogP contribution < -0.4 is 5.32 Å². The highest BCUT2D eigenvalue weighted by Gasteiger charge is 2.20. The Morgan fingerprint density at radius 2 is 1.70 bits per heavy atom. The van der Waals surface area contributed by atoms with Gasteiger partial charge < -0.3 is 5.32 Å². The molecule has 0 radical (unpaired) electrons. The number of aryl methyl sites for hydroxylation is 1. The summed E-state index contributed by atoms with van der Waals surface area (Å²) in [6.45, 7) is 14.0. The van der Waals surface area contributed by atoms with Crippen LogP contribution in [0.5, 0.6) is 0 Å². The van der Waals surface area contributed by atoms with Gasteiger partial charge in [-0.15, -0.1) is 0 Å². The third-order valence-corrected chi connectivity index (χ3v) is 4.88.